The van der Waals surface area contributed by atoms with Gasteiger partial charge in [-0.25, -0.2) is 0 Å². The van der Waals surface area contributed by atoms with Gasteiger partial charge < -0.3 is 20.1 Å². The number of benzene rings is 3. The molecule has 0 aromatic heterocycles. The van der Waals surface area contributed by atoms with E-state index in [-0.39, 0.29) is 11.8 Å². The number of carbonyl (C=O) groups is 2. The van der Waals surface area contributed by atoms with Gasteiger partial charge in [-0.15, -0.1) is 0 Å². The average Bonchev–Trinajstić information content (AvgIpc) is 3.14. The summed E-state index contributed by atoms with van der Waals surface area (Å²) in [6.07, 6.45) is 0.329. The predicted octanol–water partition coefficient (Wildman–Crippen LogP) is 5.41. The maximum atomic E-state index is 12.7. The molecule has 2 N–H and O–H groups in total. The number of ether oxygens (including phenoxy) is 2. The molecule has 8 heteroatoms. The van der Waals surface area contributed by atoms with Gasteiger partial charge in [-0.1, -0.05) is 35.3 Å². The van der Waals surface area contributed by atoms with Crippen molar-refractivity contribution in [1.82, 2.24) is 0 Å². The summed E-state index contributed by atoms with van der Waals surface area (Å²) in [5.74, 6) is 0.885. The third-order valence-electron chi connectivity index (χ3n) is 5.29. The Balaban J connectivity index is 1.60. The van der Waals surface area contributed by atoms with E-state index in [1.165, 1.54) is 0 Å². The Morgan fingerprint density at radius 2 is 1.78 bits per heavy atom. The molecule has 1 unspecified atom stereocenters. The largest absolute Gasteiger partial charge is 0.493 e. The summed E-state index contributed by atoms with van der Waals surface area (Å²) in [5.41, 5.74) is 7.31. The quantitative estimate of drug-likeness (QED) is 0.521. The van der Waals surface area contributed by atoms with E-state index in [4.69, 9.17) is 38.4 Å². The van der Waals surface area contributed by atoms with Gasteiger partial charge >= 0.3 is 0 Å². The van der Waals surface area contributed by atoms with E-state index < -0.39 is 5.91 Å². The molecular weight excluding hydrogens is 451 g/mol. The topological polar surface area (TPSA) is 81.9 Å². The lowest BCUT2D eigenvalue weighted by molar-refractivity contribution is -0.117. The average molecular weight is 471 g/mol. The van der Waals surface area contributed by atoms with Crippen molar-refractivity contribution in [2.24, 2.45) is 5.73 Å². The van der Waals surface area contributed by atoms with Crippen molar-refractivity contribution < 1.29 is 19.1 Å². The molecule has 3 aromatic carbocycles. The van der Waals surface area contributed by atoms with Gasteiger partial charge in [0, 0.05) is 40.2 Å². The van der Waals surface area contributed by atoms with Crippen molar-refractivity contribution in [2.45, 2.75) is 12.3 Å². The number of nitrogens with two attached hydrogens (primary N) is 1. The highest BCUT2D eigenvalue weighted by molar-refractivity contribution is 6.34. The molecule has 1 aliphatic rings. The Hall–Kier alpha value is -3.22. The van der Waals surface area contributed by atoms with Gasteiger partial charge in [-0.05, 0) is 54.1 Å². The van der Waals surface area contributed by atoms with Crippen LogP contribution in [0, 0.1) is 0 Å². The van der Waals surface area contributed by atoms with Crippen LogP contribution in [0.1, 0.15) is 28.3 Å². The van der Waals surface area contributed by atoms with E-state index in [1.54, 1.807) is 60.5 Å². The Kier molecular flexibility index (Phi) is 6.26. The molecule has 1 atom stereocenters. The number of hydrogen-bond donors (Lipinski definition) is 1. The number of amides is 2. The minimum Gasteiger partial charge on any atom is -0.493 e. The van der Waals surface area contributed by atoms with Gasteiger partial charge in [-0.3, -0.25) is 9.59 Å². The maximum absolute atomic E-state index is 12.7. The molecule has 0 radical (unpaired) electrons. The first-order valence-corrected chi connectivity index (χ1v) is 10.6. The van der Waals surface area contributed by atoms with E-state index in [0.717, 1.165) is 5.56 Å². The van der Waals surface area contributed by atoms with E-state index in [1.807, 2.05) is 12.1 Å². The fourth-order valence-electron chi connectivity index (χ4n) is 3.75. The van der Waals surface area contributed by atoms with Gasteiger partial charge in [0.05, 0.1) is 7.11 Å². The molecule has 4 rings (SSSR count). The number of nitrogens with zero attached hydrogens (tertiary/aromatic N) is 1. The van der Waals surface area contributed by atoms with Crippen LogP contribution in [0.4, 0.5) is 5.69 Å². The second-order valence-corrected chi connectivity index (χ2v) is 8.31. The summed E-state index contributed by atoms with van der Waals surface area (Å²) in [6.45, 7) is 0.468. The molecule has 1 fully saturated rings. The SMILES string of the molecule is COc1ccc(C2CC(=O)N(c3cccc(C(N)=O)c3)C2)cc1Oc1cc(Cl)cc(Cl)c1. The van der Waals surface area contributed by atoms with Gasteiger partial charge in [0.1, 0.15) is 5.75 Å². The van der Waals surface area contributed by atoms with Crippen LogP contribution in [-0.4, -0.2) is 25.5 Å². The van der Waals surface area contributed by atoms with Gasteiger partial charge in [0.2, 0.25) is 11.8 Å². The molecule has 2 amide bonds. The van der Waals surface area contributed by atoms with Crippen LogP contribution in [0.15, 0.2) is 60.7 Å². The number of carbonyl (C=O) groups excluding carboxylic acids is 2. The number of hydrogen-bond acceptors (Lipinski definition) is 4. The Bertz CT molecular complexity index is 1180. The van der Waals surface area contributed by atoms with Crippen molar-refractivity contribution in [3.8, 4) is 17.2 Å². The Morgan fingerprint density at radius 3 is 2.47 bits per heavy atom. The predicted molar refractivity (Wildman–Crippen MR) is 124 cm³/mol. The lowest BCUT2D eigenvalue weighted by Crippen LogP contribution is -2.24. The lowest BCUT2D eigenvalue weighted by Gasteiger charge is -2.18. The van der Waals surface area contributed by atoms with Crippen molar-refractivity contribution >= 4 is 40.7 Å². The molecule has 3 aromatic rings. The van der Waals surface area contributed by atoms with E-state index in [9.17, 15) is 9.59 Å². The molecule has 6 nitrogen and oxygen atoms in total. The molecular formula is C24H20Cl2N2O4. The summed E-state index contributed by atoms with van der Waals surface area (Å²) in [6, 6.07) is 17.3. The molecule has 0 spiro atoms. The second-order valence-electron chi connectivity index (χ2n) is 7.44. The summed E-state index contributed by atoms with van der Waals surface area (Å²) in [4.78, 5) is 25.9. The molecule has 1 heterocycles. The number of primary amides is 1. The molecule has 0 aliphatic carbocycles. The van der Waals surface area contributed by atoms with Crippen molar-refractivity contribution in [2.75, 3.05) is 18.6 Å². The van der Waals surface area contributed by atoms with Crippen LogP contribution < -0.4 is 20.1 Å². The van der Waals surface area contributed by atoms with Crippen molar-refractivity contribution in [3.05, 3.63) is 81.8 Å². The summed E-state index contributed by atoms with van der Waals surface area (Å²) in [5, 5.41) is 0.913. The zero-order valence-corrected chi connectivity index (χ0v) is 18.7. The summed E-state index contributed by atoms with van der Waals surface area (Å²) >= 11 is 12.2. The second kappa shape index (κ2) is 9.10. The zero-order valence-electron chi connectivity index (χ0n) is 17.2. The number of anilines is 1. The van der Waals surface area contributed by atoms with Crippen LogP contribution in [0.3, 0.4) is 0 Å². The van der Waals surface area contributed by atoms with Crippen LogP contribution in [0.2, 0.25) is 10.0 Å². The summed E-state index contributed by atoms with van der Waals surface area (Å²) in [7, 11) is 1.55. The fourth-order valence-corrected chi connectivity index (χ4v) is 4.25. The monoisotopic (exact) mass is 470 g/mol. The first-order chi connectivity index (χ1) is 15.3. The van der Waals surface area contributed by atoms with Crippen molar-refractivity contribution in [1.29, 1.82) is 0 Å². The van der Waals surface area contributed by atoms with Crippen LogP contribution in [0.25, 0.3) is 0 Å². The first-order valence-electron chi connectivity index (χ1n) is 9.86. The Morgan fingerprint density at radius 1 is 1.03 bits per heavy atom. The van der Waals surface area contributed by atoms with Crippen LogP contribution >= 0.6 is 23.2 Å². The third kappa shape index (κ3) is 4.66. The highest BCUT2D eigenvalue weighted by Crippen LogP contribution is 2.39. The Labute approximate surface area is 195 Å². The highest BCUT2D eigenvalue weighted by Gasteiger charge is 2.32. The van der Waals surface area contributed by atoms with Crippen LogP contribution in [0.5, 0.6) is 17.2 Å². The highest BCUT2D eigenvalue weighted by atomic mass is 35.5. The van der Waals surface area contributed by atoms with Crippen LogP contribution in [-0.2, 0) is 4.79 Å². The van der Waals surface area contributed by atoms with Crippen molar-refractivity contribution in [3.63, 3.8) is 0 Å². The van der Waals surface area contributed by atoms with Gasteiger partial charge in [-0.2, -0.15) is 0 Å². The first kappa shape index (κ1) is 22.0. The molecule has 164 valence electrons. The molecule has 0 saturated carbocycles. The third-order valence-corrected chi connectivity index (χ3v) is 5.73. The normalized spacial score (nSPS) is 15.7. The van der Waals surface area contributed by atoms with E-state index >= 15 is 0 Å². The van der Waals surface area contributed by atoms with E-state index in [0.29, 0.717) is 51.5 Å². The molecule has 1 saturated heterocycles. The van der Waals surface area contributed by atoms with Gasteiger partial charge in [0.25, 0.3) is 0 Å². The fraction of sp³-hybridized carbons (Fsp3) is 0.167. The number of halogens is 2. The smallest absolute Gasteiger partial charge is 0.248 e. The maximum Gasteiger partial charge on any atom is 0.248 e. The molecule has 32 heavy (non-hydrogen) atoms. The van der Waals surface area contributed by atoms with Gasteiger partial charge in [0.15, 0.2) is 11.5 Å². The number of methoxy groups -OCH3 is 1. The zero-order chi connectivity index (χ0) is 22.8. The van der Waals surface area contributed by atoms with E-state index in [2.05, 4.69) is 0 Å². The molecule has 1 aliphatic heterocycles. The lowest BCUT2D eigenvalue weighted by atomic mass is 9.98. The number of rotatable bonds is 6. The minimum absolute atomic E-state index is 0.0310. The molecule has 0 bridgehead atoms. The minimum atomic E-state index is -0.534. The summed E-state index contributed by atoms with van der Waals surface area (Å²) < 4.78 is 11.4. The standard InChI is InChI=1S/C24H20Cl2N2O4/c1-31-21-6-5-14(8-22(21)32-20-11-17(25)10-18(26)12-20)16-9-23(29)28(13-16)19-4-2-3-15(7-19)24(27)30/h2-8,10-12,16H,9,13H2,1H3,(H2,27,30).